The fraction of sp³-hybridized carbons (Fsp3) is 0.333. The normalized spacial score (nSPS) is 13.5. The molecule has 1 fully saturated rings. The molecular weight excluding hydrogens is 456 g/mol. The molecule has 2 heterocycles. The summed E-state index contributed by atoms with van der Waals surface area (Å²) >= 11 is 0. The molecule has 0 atom stereocenters. The topological polar surface area (TPSA) is 112 Å². The third-order valence-corrected chi connectivity index (χ3v) is 5.82. The minimum Gasteiger partial charge on any atom is -0.489 e. The number of carbonyl (C=O) groups is 1. The first-order chi connectivity index (χ1) is 17.5. The van der Waals surface area contributed by atoms with E-state index in [1.165, 1.54) is 0 Å². The van der Waals surface area contributed by atoms with Gasteiger partial charge in [0.1, 0.15) is 17.9 Å². The average Bonchev–Trinajstić information content (AvgIpc) is 2.90. The number of amides is 1. The SMILES string of the molecule is CN(C)C(=O)CCNc1ccc(Nc2nccc(-c3ccc(OC4CCOCC4)c(C#N)c3)n2)cc1. The van der Waals surface area contributed by atoms with E-state index < -0.39 is 0 Å². The van der Waals surface area contributed by atoms with Crippen molar-refractivity contribution < 1.29 is 14.3 Å². The number of nitrogens with one attached hydrogen (secondary N) is 2. The number of benzene rings is 2. The molecule has 1 amide bonds. The minimum atomic E-state index is 0.0636. The number of carbonyl (C=O) groups excluding carboxylic acids is 1. The van der Waals surface area contributed by atoms with Crippen LogP contribution in [0.25, 0.3) is 11.3 Å². The van der Waals surface area contributed by atoms with E-state index in [2.05, 4.69) is 26.7 Å². The van der Waals surface area contributed by atoms with Crippen molar-refractivity contribution in [2.75, 3.05) is 44.5 Å². The van der Waals surface area contributed by atoms with Gasteiger partial charge in [-0.25, -0.2) is 9.97 Å². The highest BCUT2D eigenvalue weighted by Gasteiger charge is 2.17. The van der Waals surface area contributed by atoms with E-state index >= 15 is 0 Å². The smallest absolute Gasteiger partial charge is 0.227 e. The zero-order valence-electron chi connectivity index (χ0n) is 20.5. The highest BCUT2D eigenvalue weighted by atomic mass is 16.5. The maximum Gasteiger partial charge on any atom is 0.227 e. The van der Waals surface area contributed by atoms with E-state index in [1.807, 2.05) is 42.5 Å². The van der Waals surface area contributed by atoms with Crippen molar-refractivity contribution in [2.24, 2.45) is 0 Å². The number of nitriles is 1. The number of rotatable bonds is 9. The Balaban J connectivity index is 1.39. The summed E-state index contributed by atoms with van der Waals surface area (Å²) in [5.74, 6) is 1.12. The molecule has 1 saturated heterocycles. The monoisotopic (exact) mass is 486 g/mol. The van der Waals surface area contributed by atoms with Gasteiger partial charge in [-0.3, -0.25) is 4.79 Å². The average molecular weight is 487 g/mol. The van der Waals surface area contributed by atoms with E-state index in [0.717, 1.165) is 29.8 Å². The fourth-order valence-electron chi connectivity index (χ4n) is 3.77. The van der Waals surface area contributed by atoms with Gasteiger partial charge in [-0.1, -0.05) is 0 Å². The maximum absolute atomic E-state index is 11.7. The Labute approximate surface area is 211 Å². The molecule has 1 aliphatic rings. The van der Waals surface area contributed by atoms with E-state index in [1.54, 1.807) is 31.3 Å². The molecule has 3 aromatic rings. The van der Waals surface area contributed by atoms with Crippen molar-refractivity contribution in [3.63, 3.8) is 0 Å². The van der Waals surface area contributed by atoms with Gasteiger partial charge in [0.2, 0.25) is 11.9 Å². The first-order valence-corrected chi connectivity index (χ1v) is 11.9. The molecule has 0 aliphatic carbocycles. The molecule has 0 unspecified atom stereocenters. The van der Waals surface area contributed by atoms with E-state index in [9.17, 15) is 10.1 Å². The lowest BCUT2D eigenvalue weighted by atomic mass is 10.1. The molecule has 1 aliphatic heterocycles. The van der Waals surface area contributed by atoms with Crippen LogP contribution in [0.4, 0.5) is 17.3 Å². The largest absolute Gasteiger partial charge is 0.489 e. The van der Waals surface area contributed by atoms with Crippen LogP contribution in [0.2, 0.25) is 0 Å². The Morgan fingerprint density at radius 1 is 1.14 bits per heavy atom. The Morgan fingerprint density at radius 3 is 2.61 bits per heavy atom. The Morgan fingerprint density at radius 2 is 1.89 bits per heavy atom. The predicted molar refractivity (Wildman–Crippen MR) is 138 cm³/mol. The van der Waals surface area contributed by atoms with Gasteiger partial charge in [0, 0.05) is 63.0 Å². The Bertz CT molecular complexity index is 1220. The number of anilines is 3. The lowest BCUT2D eigenvalue weighted by molar-refractivity contribution is -0.128. The van der Waals surface area contributed by atoms with Gasteiger partial charge in [-0.2, -0.15) is 5.26 Å². The highest BCUT2D eigenvalue weighted by molar-refractivity contribution is 5.76. The summed E-state index contributed by atoms with van der Waals surface area (Å²) < 4.78 is 11.4. The summed E-state index contributed by atoms with van der Waals surface area (Å²) in [5, 5.41) is 16.1. The van der Waals surface area contributed by atoms with Crippen LogP contribution in [0, 0.1) is 11.3 Å². The fourth-order valence-corrected chi connectivity index (χ4v) is 3.77. The molecule has 9 nitrogen and oxygen atoms in total. The van der Waals surface area contributed by atoms with Crippen LogP contribution in [0.15, 0.2) is 54.7 Å². The third kappa shape index (κ3) is 6.71. The standard InChI is InChI=1S/C27H30N6O3/c1-33(2)26(34)10-14-29-21-4-6-22(7-5-21)31-27-30-13-9-24(32-27)19-3-8-25(20(17-19)18-28)36-23-11-15-35-16-12-23/h3-9,13,17,23,29H,10-12,14-16H2,1-2H3,(H,30,31,32). The van der Waals surface area contributed by atoms with Crippen molar-refractivity contribution in [2.45, 2.75) is 25.4 Å². The molecule has 36 heavy (non-hydrogen) atoms. The van der Waals surface area contributed by atoms with Crippen molar-refractivity contribution >= 4 is 23.2 Å². The van der Waals surface area contributed by atoms with Gasteiger partial charge in [-0.15, -0.1) is 0 Å². The van der Waals surface area contributed by atoms with Gasteiger partial charge >= 0.3 is 0 Å². The second-order valence-corrected chi connectivity index (χ2v) is 8.69. The summed E-state index contributed by atoms with van der Waals surface area (Å²) in [6.45, 7) is 1.93. The Kier molecular flexibility index (Phi) is 8.32. The first-order valence-electron chi connectivity index (χ1n) is 11.9. The van der Waals surface area contributed by atoms with Crippen LogP contribution in [0.5, 0.6) is 5.75 Å². The third-order valence-electron chi connectivity index (χ3n) is 5.82. The number of hydrogen-bond donors (Lipinski definition) is 2. The van der Waals surface area contributed by atoms with E-state index in [-0.39, 0.29) is 12.0 Å². The molecule has 2 N–H and O–H groups in total. The van der Waals surface area contributed by atoms with Gasteiger partial charge < -0.3 is 25.0 Å². The van der Waals surface area contributed by atoms with Crippen molar-refractivity contribution in [3.05, 3.63) is 60.3 Å². The van der Waals surface area contributed by atoms with Crippen molar-refractivity contribution in [3.8, 4) is 23.1 Å². The second kappa shape index (κ2) is 12.0. The summed E-state index contributed by atoms with van der Waals surface area (Å²) in [6.07, 6.45) is 3.82. The zero-order chi connectivity index (χ0) is 25.3. The molecule has 2 aromatic carbocycles. The molecule has 0 spiro atoms. The van der Waals surface area contributed by atoms with Crippen LogP contribution in [0.3, 0.4) is 0 Å². The van der Waals surface area contributed by atoms with Gasteiger partial charge in [0.25, 0.3) is 0 Å². The van der Waals surface area contributed by atoms with Crippen LogP contribution >= 0.6 is 0 Å². The van der Waals surface area contributed by atoms with Crippen LogP contribution in [-0.2, 0) is 9.53 Å². The molecular formula is C27H30N6O3. The molecule has 4 rings (SSSR count). The molecule has 1 aromatic heterocycles. The number of ether oxygens (including phenoxy) is 2. The van der Waals surface area contributed by atoms with Gasteiger partial charge in [0.15, 0.2) is 0 Å². The summed E-state index contributed by atoms with van der Waals surface area (Å²) in [6, 6.07) is 17.3. The van der Waals surface area contributed by atoms with Crippen LogP contribution in [0.1, 0.15) is 24.8 Å². The first kappa shape index (κ1) is 24.9. The van der Waals surface area contributed by atoms with Gasteiger partial charge in [0.05, 0.1) is 24.5 Å². The minimum absolute atomic E-state index is 0.0636. The quantitative estimate of drug-likeness (QED) is 0.463. The molecule has 0 bridgehead atoms. The number of aromatic nitrogens is 2. The summed E-state index contributed by atoms with van der Waals surface area (Å²) in [4.78, 5) is 22.2. The molecule has 186 valence electrons. The second-order valence-electron chi connectivity index (χ2n) is 8.69. The summed E-state index contributed by atoms with van der Waals surface area (Å²) in [7, 11) is 3.50. The van der Waals surface area contributed by atoms with E-state index in [0.29, 0.717) is 49.1 Å². The number of hydrogen-bond acceptors (Lipinski definition) is 8. The van der Waals surface area contributed by atoms with Crippen LogP contribution in [-0.4, -0.2) is 60.7 Å². The van der Waals surface area contributed by atoms with Crippen molar-refractivity contribution in [1.82, 2.24) is 14.9 Å². The summed E-state index contributed by atoms with van der Waals surface area (Å²) in [5.41, 5.74) is 3.74. The number of nitrogens with zero attached hydrogens (tertiary/aromatic N) is 4. The lowest BCUT2D eigenvalue weighted by Gasteiger charge is -2.23. The Hall–Kier alpha value is -4.16. The van der Waals surface area contributed by atoms with E-state index in [4.69, 9.17) is 9.47 Å². The molecule has 0 saturated carbocycles. The zero-order valence-corrected chi connectivity index (χ0v) is 20.5. The maximum atomic E-state index is 11.7. The van der Waals surface area contributed by atoms with Gasteiger partial charge in [-0.05, 0) is 48.5 Å². The predicted octanol–water partition coefficient (Wildman–Crippen LogP) is 4.21. The lowest BCUT2D eigenvalue weighted by Crippen LogP contribution is -2.26. The molecule has 9 heteroatoms. The van der Waals surface area contributed by atoms with Crippen molar-refractivity contribution in [1.29, 1.82) is 5.26 Å². The van der Waals surface area contributed by atoms with Crippen LogP contribution < -0.4 is 15.4 Å². The molecule has 0 radical (unpaired) electrons. The highest BCUT2D eigenvalue weighted by Crippen LogP contribution is 2.28.